The van der Waals surface area contributed by atoms with Gasteiger partial charge < -0.3 is 14.2 Å². The third-order valence-electron chi connectivity index (χ3n) is 6.11. The average Bonchev–Trinajstić information content (AvgIpc) is 3.10. The Labute approximate surface area is 168 Å². The molecular formula is C24H31N3O. The second-order valence-corrected chi connectivity index (χ2v) is 7.90. The van der Waals surface area contributed by atoms with E-state index in [0.29, 0.717) is 5.92 Å². The van der Waals surface area contributed by atoms with Gasteiger partial charge in [-0.2, -0.15) is 0 Å². The van der Waals surface area contributed by atoms with Gasteiger partial charge in [-0.3, -0.25) is 0 Å². The van der Waals surface area contributed by atoms with E-state index in [-0.39, 0.29) is 0 Å². The molecule has 0 unspecified atom stereocenters. The van der Waals surface area contributed by atoms with Crippen molar-refractivity contribution in [3.8, 4) is 0 Å². The van der Waals surface area contributed by atoms with Crippen LogP contribution in [-0.4, -0.2) is 47.8 Å². The lowest BCUT2D eigenvalue weighted by molar-refractivity contribution is 0.183. The summed E-state index contributed by atoms with van der Waals surface area (Å²) in [4.78, 5) is 7.62. The zero-order valence-corrected chi connectivity index (χ0v) is 17.1. The molecule has 2 heterocycles. The van der Waals surface area contributed by atoms with Crippen LogP contribution in [0.15, 0.2) is 48.5 Å². The van der Waals surface area contributed by atoms with Gasteiger partial charge >= 0.3 is 0 Å². The van der Waals surface area contributed by atoms with Crippen molar-refractivity contribution in [2.75, 3.05) is 33.4 Å². The molecule has 2 aromatic carbocycles. The predicted octanol–water partition coefficient (Wildman–Crippen LogP) is 4.41. The van der Waals surface area contributed by atoms with Crippen molar-refractivity contribution >= 4 is 11.0 Å². The highest BCUT2D eigenvalue weighted by molar-refractivity contribution is 5.76. The van der Waals surface area contributed by atoms with Crippen LogP contribution in [0.4, 0.5) is 0 Å². The van der Waals surface area contributed by atoms with Gasteiger partial charge in [-0.05, 0) is 62.5 Å². The van der Waals surface area contributed by atoms with Gasteiger partial charge in [0, 0.05) is 26.1 Å². The minimum Gasteiger partial charge on any atom is -0.383 e. The number of likely N-dealkylation sites (tertiary alicyclic amines) is 1. The van der Waals surface area contributed by atoms with Gasteiger partial charge in [0.25, 0.3) is 0 Å². The fraction of sp³-hybridized carbons (Fsp3) is 0.458. The van der Waals surface area contributed by atoms with Crippen molar-refractivity contribution in [3.05, 3.63) is 65.5 Å². The van der Waals surface area contributed by atoms with Gasteiger partial charge in [-0.1, -0.05) is 36.4 Å². The number of para-hydroxylation sites is 2. The van der Waals surface area contributed by atoms with Crippen molar-refractivity contribution in [1.82, 2.24) is 14.5 Å². The molecule has 0 radical (unpaired) electrons. The summed E-state index contributed by atoms with van der Waals surface area (Å²) >= 11 is 0. The van der Waals surface area contributed by atoms with E-state index in [9.17, 15) is 0 Å². The molecule has 1 saturated heterocycles. The van der Waals surface area contributed by atoms with Crippen LogP contribution < -0.4 is 0 Å². The number of rotatable bonds is 7. The number of benzene rings is 2. The Bertz CT molecular complexity index is 909. The van der Waals surface area contributed by atoms with Crippen molar-refractivity contribution < 1.29 is 4.74 Å². The highest BCUT2D eigenvalue weighted by atomic mass is 16.5. The molecule has 0 saturated carbocycles. The van der Waals surface area contributed by atoms with Crippen LogP contribution in [0.2, 0.25) is 0 Å². The Morgan fingerprint density at radius 2 is 1.75 bits per heavy atom. The SMILES string of the molecule is COCCn1c(C2CCN(CCc3ccccc3C)CC2)nc2ccccc21. The minimum absolute atomic E-state index is 0.541. The third kappa shape index (κ3) is 4.13. The number of aryl methyl sites for hydroxylation is 1. The Hall–Kier alpha value is -2.17. The van der Waals surface area contributed by atoms with Gasteiger partial charge in [-0.25, -0.2) is 4.98 Å². The minimum atomic E-state index is 0.541. The second kappa shape index (κ2) is 8.89. The Kier molecular flexibility index (Phi) is 6.08. The standard InChI is InChI=1S/C24H31N3O/c1-19-7-3-4-8-20(19)11-14-26-15-12-21(13-16-26)24-25-22-9-5-6-10-23(22)27(24)17-18-28-2/h3-10,21H,11-18H2,1-2H3. The molecule has 4 rings (SSSR count). The Balaban J connectivity index is 1.41. The van der Waals surface area contributed by atoms with Gasteiger partial charge in [-0.15, -0.1) is 0 Å². The molecule has 148 valence electrons. The summed E-state index contributed by atoms with van der Waals surface area (Å²) in [6.45, 7) is 7.28. The van der Waals surface area contributed by atoms with Crippen LogP contribution in [0.1, 0.15) is 35.7 Å². The lowest BCUT2D eigenvalue weighted by Crippen LogP contribution is -2.35. The Morgan fingerprint density at radius 1 is 1.00 bits per heavy atom. The summed E-state index contributed by atoms with van der Waals surface area (Å²) in [5.41, 5.74) is 5.22. The number of methoxy groups -OCH3 is 1. The molecule has 1 fully saturated rings. The first-order chi connectivity index (χ1) is 13.8. The molecule has 0 atom stereocenters. The Morgan fingerprint density at radius 3 is 2.54 bits per heavy atom. The van der Waals surface area contributed by atoms with E-state index in [1.165, 1.54) is 35.3 Å². The maximum Gasteiger partial charge on any atom is 0.113 e. The van der Waals surface area contributed by atoms with Crippen LogP contribution in [0, 0.1) is 6.92 Å². The van der Waals surface area contributed by atoms with Crippen LogP contribution in [0.5, 0.6) is 0 Å². The molecule has 0 N–H and O–H groups in total. The first kappa shape index (κ1) is 19.2. The summed E-state index contributed by atoms with van der Waals surface area (Å²) in [5.74, 6) is 1.79. The smallest absolute Gasteiger partial charge is 0.113 e. The van der Waals surface area contributed by atoms with Crippen molar-refractivity contribution in [2.45, 2.75) is 38.6 Å². The van der Waals surface area contributed by atoms with Gasteiger partial charge in [0.15, 0.2) is 0 Å². The van der Waals surface area contributed by atoms with E-state index in [0.717, 1.165) is 44.7 Å². The summed E-state index contributed by atoms with van der Waals surface area (Å²) in [6, 6.07) is 17.2. The molecule has 1 aromatic heterocycles. The van der Waals surface area contributed by atoms with E-state index in [2.05, 4.69) is 64.9 Å². The highest BCUT2D eigenvalue weighted by Crippen LogP contribution is 2.30. The normalized spacial score (nSPS) is 16.1. The van der Waals surface area contributed by atoms with Gasteiger partial charge in [0.2, 0.25) is 0 Å². The lowest BCUT2D eigenvalue weighted by Gasteiger charge is -2.32. The monoisotopic (exact) mass is 377 g/mol. The zero-order chi connectivity index (χ0) is 19.3. The van der Waals surface area contributed by atoms with E-state index < -0.39 is 0 Å². The summed E-state index contributed by atoms with van der Waals surface area (Å²) in [7, 11) is 1.77. The van der Waals surface area contributed by atoms with Crippen LogP contribution in [0.25, 0.3) is 11.0 Å². The summed E-state index contributed by atoms with van der Waals surface area (Å²) < 4.78 is 7.73. The number of nitrogens with zero attached hydrogens (tertiary/aromatic N) is 3. The topological polar surface area (TPSA) is 30.3 Å². The molecule has 0 aliphatic carbocycles. The van der Waals surface area contributed by atoms with Crippen molar-refractivity contribution in [1.29, 1.82) is 0 Å². The number of imidazole rings is 1. The predicted molar refractivity (Wildman–Crippen MR) is 115 cm³/mol. The molecule has 1 aliphatic rings. The summed E-state index contributed by atoms with van der Waals surface area (Å²) in [6.07, 6.45) is 3.51. The third-order valence-corrected chi connectivity index (χ3v) is 6.11. The van der Waals surface area contributed by atoms with E-state index in [1.54, 1.807) is 7.11 Å². The van der Waals surface area contributed by atoms with Crippen LogP contribution >= 0.6 is 0 Å². The van der Waals surface area contributed by atoms with Gasteiger partial charge in [0.1, 0.15) is 5.82 Å². The lowest BCUT2D eigenvalue weighted by atomic mass is 9.95. The molecule has 3 aromatic rings. The first-order valence-corrected chi connectivity index (χ1v) is 10.5. The molecule has 28 heavy (non-hydrogen) atoms. The molecule has 4 heteroatoms. The van der Waals surface area contributed by atoms with Crippen LogP contribution in [0.3, 0.4) is 0 Å². The maximum absolute atomic E-state index is 5.35. The molecule has 0 spiro atoms. The fourth-order valence-corrected chi connectivity index (χ4v) is 4.41. The van der Waals surface area contributed by atoms with Gasteiger partial charge in [0.05, 0.1) is 17.6 Å². The second-order valence-electron chi connectivity index (χ2n) is 7.90. The quantitative estimate of drug-likeness (QED) is 0.611. The van der Waals surface area contributed by atoms with Crippen molar-refractivity contribution in [3.63, 3.8) is 0 Å². The van der Waals surface area contributed by atoms with E-state index in [4.69, 9.17) is 9.72 Å². The molecule has 0 bridgehead atoms. The number of fused-ring (bicyclic) bond motifs is 1. The first-order valence-electron chi connectivity index (χ1n) is 10.5. The maximum atomic E-state index is 5.35. The highest BCUT2D eigenvalue weighted by Gasteiger charge is 2.25. The number of hydrogen-bond acceptors (Lipinski definition) is 3. The number of aromatic nitrogens is 2. The molecule has 4 nitrogen and oxygen atoms in total. The number of piperidine rings is 1. The zero-order valence-electron chi connectivity index (χ0n) is 17.1. The molecule has 1 aliphatic heterocycles. The van der Waals surface area contributed by atoms with Crippen LogP contribution in [-0.2, 0) is 17.7 Å². The number of hydrogen-bond donors (Lipinski definition) is 0. The van der Waals surface area contributed by atoms with E-state index >= 15 is 0 Å². The fourth-order valence-electron chi connectivity index (χ4n) is 4.41. The molecule has 0 amide bonds. The largest absolute Gasteiger partial charge is 0.383 e. The number of ether oxygens (including phenoxy) is 1. The molecular weight excluding hydrogens is 346 g/mol. The van der Waals surface area contributed by atoms with E-state index in [1.807, 2.05) is 0 Å². The summed E-state index contributed by atoms with van der Waals surface area (Å²) in [5, 5.41) is 0. The average molecular weight is 378 g/mol. The van der Waals surface area contributed by atoms with Crippen molar-refractivity contribution in [2.24, 2.45) is 0 Å².